The van der Waals surface area contributed by atoms with Crippen LogP contribution < -0.4 is 5.32 Å². The van der Waals surface area contributed by atoms with Gasteiger partial charge in [0.2, 0.25) is 0 Å². The van der Waals surface area contributed by atoms with E-state index < -0.39 is 0 Å². The lowest BCUT2D eigenvalue weighted by Crippen LogP contribution is -2.32. The van der Waals surface area contributed by atoms with Crippen molar-refractivity contribution in [1.29, 1.82) is 0 Å². The van der Waals surface area contributed by atoms with Crippen LogP contribution in [-0.2, 0) is 16.8 Å². The van der Waals surface area contributed by atoms with E-state index in [1.54, 1.807) is 4.68 Å². The SMILES string of the molecule is CC(C)(C)c1cc(COC(=O)N2CC3CNCC3C2)n(-c2ccccc2Cl)n1. The molecule has 2 fully saturated rings. The van der Waals surface area contributed by atoms with Crippen molar-refractivity contribution in [2.24, 2.45) is 11.8 Å². The van der Waals surface area contributed by atoms with Crippen LogP contribution in [0.2, 0.25) is 5.02 Å². The Morgan fingerprint density at radius 3 is 2.57 bits per heavy atom. The zero-order chi connectivity index (χ0) is 19.9. The first-order valence-electron chi connectivity index (χ1n) is 9.79. The number of fused-ring (bicyclic) bond motifs is 1. The largest absolute Gasteiger partial charge is 0.443 e. The van der Waals surface area contributed by atoms with Crippen molar-refractivity contribution in [3.63, 3.8) is 0 Å². The van der Waals surface area contributed by atoms with Crippen molar-refractivity contribution in [2.45, 2.75) is 32.8 Å². The Morgan fingerprint density at radius 1 is 1.25 bits per heavy atom. The first-order chi connectivity index (χ1) is 13.3. The Hall–Kier alpha value is -2.05. The zero-order valence-corrected chi connectivity index (χ0v) is 17.4. The number of hydrogen-bond donors (Lipinski definition) is 1. The predicted octanol–water partition coefficient (Wildman–Crippen LogP) is 3.61. The number of carbonyl (C=O) groups is 1. The number of benzene rings is 1. The molecule has 28 heavy (non-hydrogen) atoms. The number of rotatable bonds is 3. The number of amides is 1. The molecule has 6 nitrogen and oxygen atoms in total. The summed E-state index contributed by atoms with van der Waals surface area (Å²) >= 11 is 6.39. The van der Waals surface area contributed by atoms with Crippen LogP contribution in [0.5, 0.6) is 0 Å². The number of halogens is 1. The summed E-state index contributed by atoms with van der Waals surface area (Å²) in [6.45, 7) is 10.0. The summed E-state index contributed by atoms with van der Waals surface area (Å²) in [5.74, 6) is 1.10. The highest BCUT2D eigenvalue weighted by atomic mass is 35.5. The van der Waals surface area contributed by atoms with Crippen LogP contribution in [0.4, 0.5) is 4.79 Å². The van der Waals surface area contributed by atoms with E-state index in [-0.39, 0.29) is 18.1 Å². The van der Waals surface area contributed by atoms with Crippen molar-refractivity contribution in [2.75, 3.05) is 26.2 Å². The van der Waals surface area contributed by atoms with Crippen LogP contribution in [0, 0.1) is 11.8 Å². The fourth-order valence-electron chi connectivity index (χ4n) is 3.95. The van der Waals surface area contributed by atoms with Gasteiger partial charge < -0.3 is 15.0 Å². The number of ether oxygens (including phenoxy) is 1. The number of para-hydroxylation sites is 1. The molecule has 3 heterocycles. The van der Waals surface area contributed by atoms with Crippen molar-refractivity contribution < 1.29 is 9.53 Å². The van der Waals surface area contributed by atoms with Crippen molar-refractivity contribution in [3.8, 4) is 5.69 Å². The summed E-state index contributed by atoms with van der Waals surface area (Å²) in [5.41, 5.74) is 2.41. The van der Waals surface area contributed by atoms with Gasteiger partial charge in [-0.2, -0.15) is 5.10 Å². The van der Waals surface area contributed by atoms with Crippen molar-refractivity contribution >= 4 is 17.7 Å². The van der Waals surface area contributed by atoms with Gasteiger partial charge in [0.1, 0.15) is 6.61 Å². The standard InChI is InChI=1S/C21H27ClN4O2/c1-21(2,3)19-8-16(26(24-19)18-7-5-4-6-17(18)22)13-28-20(27)25-11-14-9-23-10-15(14)12-25/h4-8,14-15,23H,9-13H2,1-3H3. The first-order valence-corrected chi connectivity index (χ1v) is 10.2. The molecule has 150 valence electrons. The molecule has 2 unspecified atom stereocenters. The molecule has 7 heteroatoms. The highest BCUT2D eigenvalue weighted by molar-refractivity contribution is 6.32. The van der Waals surface area contributed by atoms with Crippen molar-refractivity contribution in [3.05, 3.63) is 46.7 Å². The third-order valence-corrected chi connectivity index (χ3v) is 5.94. The molecular formula is C21H27ClN4O2. The number of nitrogens with zero attached hydrogens (tertiary/aromatic N) is 3. The molecule has 0 bridgehead atoms. The molecule has 0 aliphatic carbocycles. The van der Waals surface area contributed by atoms with Gasteiger partial charge in [-0.15, -0.1) is 0 Å². The van der Waals surface area contributed by atoms with Crippen LogP contribution in [0.1, 0.15) is 32.2 Å². The van der Waals surface area contributed by atoms with E-state index in [1.807, 2.05) is 35.2 Å². The van der Waals surface area contributed by atoms with E-state index in [2.05, 4.69) is 26.1 Å². The molecule has 2 aliphatic rings. The highest BCUT2D eigenvalue weighted by Gasteiger charge is 2.38. The highest BCUT2D eigenvalue weighted by Crippen LogP contribution is 2.29. The molecule has 0 saturated carbocycles. The summed E-state index contributed by atoms with van der Waals surface area (Å²) < 4.78 is 7.46. The smallest absolute Gasteiger partial charge is 0.410 e. The Kier molecular flexibility index (Phi) is 5.10. The van der Waals surface area contributed by atoms with Gasteiger partial charge in [-0.05, 0) is 30.0 Å². The molecule has 1 amide bonds. The summed E-state index contributed by atoms with van der Waals surface area (Å²) in [4.78, 5) is 14.4. The van der Waals surface area contributed by atoms with Gasteiger partial charge in [0.05, 0.1) is 22.1 Å². The second kappa shape index (κ2) is 7.41. The van der Waals surface area contributed by atoms with Crippen LogP contribution in [0.15, 0.2) is 30.3 Å². The van der Waals surface area contributed by atoms with Gasteiger partial charge in [-0.25, -0.2) is 9.48 Å². The molecule has 1 aromatic heterocycles. The normalized spacial score (nSPS) is 21.8. The maximum Gasteiger partial charge on any atom is 0.410 e. The van der Waals surface area contributed by atoms with Gasteiger partial charge in [-0.1, -0.05) is 44.5 Å². The van der Waals surface area contributed by atoms with E-state index in [4.69, 9.17) is 21.4 Å². The second-order valence-electron chi connectivity index (χ2n) is 8.77. The summed E-state index contributed by atoms with van der Waals surface area (Å²) in [5, 5.41) is 8.75. The minimum Gasteiger partial charge on any atom is -0.443 e. The van der Waals surface area contributed by atoms with Gasteiger partial charge in [0.25, 0.3) is 0 Å². The first kappa shape index (κ1) is 19.3. The Labute approximate surface area is 170 Å². The molecule has 2 atom stereocenters. The van der Waals surface area contributed by atoms with E-state index in [0.29, 0.717) is 16.9 Å². The summed E-state index contributed by atoms with van der Waals surface area (Å²) in [7, 11) is 0. The number of hydrogen-bond acceptors (Lipinski definition) is 4. The molecule has 4 rings (SSSR count). The van der Waals surface area contributed by atoms with Gasteiger partial charge in [0.15, 0.2) is 0 Å². The minimum absolute atomic E-state index is 0.120. The predicted molar refractivity (Wildman–Crippen MR) is 109 cm³/mol. The maximum atomic E-state index is 12.6. The number of nitrogens with one attached hydrogen (secondary N) is 1. The topological polar surface area (TPSA) is 59.4 Å². The molecule has 2 aromatic rings. The van der Waals surface area contributed by atoms with Crippen LogP contribution >= 0.6 is 11.6 Å². The van der Waals surface area contributed by atoms with E-state index in [0.717, 1.165) is 43.3 Å². The summed E-state index contributed by atoms with van der Waals surface area (Å²) in [6.07, 6.45) is -0.251. The van der Waals surface area contributed by atoms with E-state index in [9.17, 15) is 4.79 Å². The number of carbonyl (C=O) groups excluding carboxylic acids is 1. The molecule has 2 aliphatic heterocycles. The zero-order valence-electron chi connectivity index (χ0n) is 16.6. The van der Waals surface area contributed by atoms with Gasteiger partial charge >= 0.3 is 6.09 Å². The third kappa shape index (κ3) is 3.76. The molecule has 1 aromatic carbocycles. The monoisotopic (exact) mass is 402 g/mol. The molecule has 2 saturated heterocycles. The van der Waals surface area contributed by atoms with E-state index in [1.165, 1.54) is 0 Å². The molecular weight excluding hydrogens is 376 g/mol. The van der Waals surface area contributed by atoms with Crippen LogP contribution in [-0.4, -0.2) is 47.0 Å². The van der Waals surface area contributed by atoms with Crippen molar-refractivity contribution in [1.82, 2.24) is 20.0 Å². The van der Waals surface area contributed by atoms with Crippen LogP contribution in [0.3, 0.4) is 0 Å². The fourth-order valence-corrected chi connectivity index (χ4v) is 4.17. The van der Waals surface area contributed by atoms with Gasteiger partial charge in [0, 0.05) is 31.6 Å². The average molecular weight is 403 g/mol. The molecule has 0 spiro atoms. The lowest BCUT2D eigenvalue weighted by molar-refractivity contribution is 0.0999. The molecule has 0 radical (unpaired) electrons. The quantitative estimate of drug-likeness (QED) is 0.851. The van der Waals surface area contributed by atoms with Crippen LogP contribution in [0.25, 0.3) is 5.69 Å². The minimum atomic E-state index is -0.251. The average Bonchev–Trinajstić information content (AvgIpc) is 3.33. The van der Waals surface area contributed by atoms with E-state index >= 15 is 0 Å². The Balaban J connectivity index is 1.53. The Morgan fingerprint density at radius 2 is 1.93 bits per heavy atom. The lowest BCUT2D eigenvalue weighted by atomic mass is 9.92. The summed E-state index contributed by atoms with van der Waals surface area (Å²) in [6, 6.07) is 9.56. The maximum absolute atomic E-state index is 12.6. The second-order valence-corrected chi connectivity index (χ2v) is 9.18. The lowest BCUT2D eigenvalue weighted by Gasteiger charge is -2.17. The fraction of sp³-hybridized carbons (Fsp3) is 0.524. The number of likely N-dealkylation sites (tertiary alicyclic amines) is 1. The van der Waals surface area contributed by atoms with Gasteiger partial charge in [-0.3, -0.25) is 0 Å². The molecule has 1 N–H and O–H groups in total. The third-order valence-electron chi connectivity index (χ3n) is 5.62. The Bertz CT molecular complexity index is 862. The number of aromatic nitrogens is 2.